The Morgan fingerprint density at radius 1 is 1.09 bits per heavy atom. The van der Waals surface area contributed by atoms with Gasteiger partial charge in [-0.2, -0.15) is 0 Å². The van der Waals surface area contributed by atoms with E-state index in [2.05, 4.69) is 5.32 Å². The van der Waals surface area contributed by atoms with E-state index in [4.69, 9.17) is 9.47 Å². The Labute approximate surface area is 135 Å². The second-order valence-electron chi connectivity index (χ2n) is 5.15. The molecule has 0 saturated carbocycles. The lowest BCUT2D eigenvalue weighted by Crippen LogP contribution is -2.08. The van der Waals surface area contributed by atoms with Crippen LogP contribution in [0, 0.1) is 6.92 Å². The maximum absolute atomic E-state index is 12.1. The smallest absolute Gasteiger partial charge is 0.338 e. The Hall–Kier alpha value is -2.82. The minimum absolute atomic E-state index is 0.136. The third-order valence-electron chi connectivity index (χ3n) is 3.24. The highest BCUT2D eigenvalue weighted by atomic mass is 16.5. The molecule has 0 fully saturated rings. The molecule has 23 heavy (non-hydrogen) atoms. The van der Waals surface area contributed by atoms with Crippen LogP contribution in [0.2, 0.25) is 0 Å². The van der Waals surface area contributed by atoms with Gasteiger partial charge in [-0.1, -0.05) is 11.6 Å². The molecule has 0 heterocycles. The van der Waals surface area contributed by atoms with Crippen LogP contribution < -0.4 is 10.1 Å². The van der Waals surface area contributed by atoms with Gasteiger partial charge in [0.1, 0.15) is 12.4 Å². The first kappa shape index (κ1) is 16.5. The molecule has 0 aliphatic heterocycles. The number of benzene rings is 2. The van der Waals surface area contributed by atoms with E-state index in [9.17, 15) is 9.59 Å². The molecule has 0 aromatic heterocycles. The number of rotatable bonds is 5. The molecular formula is C18H19NO4. The van der Waals surface area contributed by atoms with Crippen molar-refractivity contribution in [3.05, 3.63) is 59.2 Å². The Morgan fingerprint density at radius 3 is 2.39 bits per heavy atom. The molecule has 2 aromatic carbocycles. The van der Waals surface area contributed by atoms with Crippen LogP contribution in [0.15, 0.2) is 42.5 Å². The van der Waals surface area contributed by atoms with Gasteiger partial charge < -0.3 is 14.8 Å². The van der Waals surface area contributed by atoms with Crippen LogP contribution in [0.1, 0.15) is 28.4 Å². The van der Waals surface area contributed by atoms with Crippen molar-refractivity contribution in [2.24, 2.45) is 0 Å². The lowest BCUT2D eigenvalue weighted by Gasteiger charge is -2.10. The van der Waals surface area contributed by atoms with E-state index in [0.717, 1.165) is 11.1 Å². The predicted molar refractivity (Wildman–Crippen MR) is 87.6 cm³/mol. The molecule has 0 aliphatic carbocycles. The molecule has 1 N–H and O–H groups in total. The summed E-state index contributed by atoms with van der Waals surface area (Å²) in [6, 6.07) is 12.2. The van der Waals surface area contributed by atoms with Crippen molar-refractivity contribution < 1.29 is 19.1 Å². The van der Waals surface area contributed by atoms with Crippen LogP contribution in [0.3, 0.4) is 0 Å². The highest BCUT2D eigenvalue weighted by molar-refractivity contribution is 5.92. The highest BCUT2D eigenvalue weighted by Gasteiger charge is 2.10. The topological polar surface area (TPSA) is 64.6 Å². The molecule has 0 aliphatic rings. The first-order valence-corrected chi connectivity index (χ1v) is 7.18. The summed E-state index contributed by atoms with van der Waals surface area (Å²) in [5, 5.41) is 2.64. The van der Waals surface area contributed by atoms with Crippen molar-refractivity contribution in [2.75, 3.05) is 12.4 Å². The maximum Gasteiger partial charge on any atom is 0.338 e. The number of methoxy groups -OCH3 is 1. The molecule has 2 aromatic rings. The molecule has 0 saturated heterocycles. The molecule has 1 amide bonds. The molecular weight excluding hydrogens is 294 g/mol. The molecule has 5 nitrogen and oxygen atoms in total. The zero-order valence-corrected chi connectivity index (χ0v) is 13.4. The molecule has 5 heteroatoms. The van der Waals surface area contributed by atoms with Gasteiger partial charge in [-0.3, -0.25) is 4.79 Å². The van der Waals surface area contributed by atoms with Crippen molar-refractivity contribution in [1.82, 2.24) is 0 Å². The van der Waals surface area contributed by atoms with Gasteiger partial charge >= 0.3 is 5.97 Å². The minimum atomic E-state index is -0.428. The summed E-state index contributed by atoms with van der Waals surface area (Å²) in [4.78, 5) is 23.1. The summed E-state index contributed by atoms with van der Waals surface area (Å²) in [7, 11) is 1.58. The van der Waals surface area contributed by atoms with Gasteiger partial charge in [0.05, 0.1) is 12.7 Å². The first-order chi connectivity index (χ1) is 11.0. The standard InChI is InChI=1S/C18H19NO4/c1-12-4-9-17(22-3)15(10-12)11-23-18(21)14-5-7-16(8-6-14)19-13(2)20/h4-10H,11H2,1-3H3,(H,19,20). The van der Waals surface area contributed by atoms with E-state index in [0.29, 0.717) is 17.0 Å². The van der Waals surface area contributed by atoms with Crippen LogP contribution in [-0.4, -0.2) is 19.0 Å². The number of carbonyl (C=O) groups excluding carboxylic acids is 2. The highest BCUT2D eigenvalue weighted by Crippen LogP contribution is 2.21. The largest absolute Gasteiger partial charge is 0.496 e. The maximum atomic E-state index is 12.1. The minimum Gasteiger partial charge on any atom is -0.496 e. The summed E-state index contributed by atoms with van der Waals surface area (Å²) in [5.41, 5.74) is 2.94. The Kier molecular flexibility index (Phi) is 5.36. The zero-order valence-electron chi connectivity index (χ0n) is 13.4. The summed E-state index contributed by atoms with van der Waals surface area (Å²) < 4.78 is 10.6. The van der Waals surface area contributed by atoms with Crippen molar-refractivity contribution >= 4 is 17.6 Å². The molecule has 0 bridgehead atoms. The third-order valence-corrected chi connectivity index (χ3v) is 3.24. The number of carbonyl (C=O) groups is 2. The lowest BCUT2D eigenvalue weighted by atomic mass is 10.1. The fraction of sp³-hybridized carbons (Fsp3) is 0.222. The number of esters is 1. The van der Waals surface area contributed by atoms with Crippen molar-refractivity contribution in [2.45, 2.75) is 20.5 Å². The molecule has 120 valence electrons. The summed E-state index contributed by atoms with van der Waals surface area (Å²) in [6.45, 7) is 3.53. The number of nitrogens with one attached hydrogen (secondary N) is 1. The number of aryl methyl sites for hydroxylation is 1. The van der Waals surface area contributed by atoms with E-state index in [1.807, 2.05) is 25.1 Å². The Morgan fingerprint density at radius 2 is 1.78 bits per heavy atom. The molecule has 0 atom stereocenters. The monoisotopic (exact) mass is 313 g/mol. The molecule has 2 rings (SSSR count). The van der Waals surface area contributed by atoms with Gasteiger partial charge in [-0.15, -0.1) is 0 Å². The lowest BCUT2D eigenvalue weighted by molar-refractivity contribution is -0.114. The van der Waals surface area contributed by atoms with Crippen LogP contribution in [-0.2, 0) is 16.1 Å². The first-order valence-electron chi connectivity index (χ1n) is 7.18. The normalized spacial score (nSPS) is 10.0. The number of hydrogen-bond donors (Lipinski definition) is 1. The van der Waals surface area contributed by atoms with Crippen LogP contribution in [0.4, 0.5) is 5.69 Å². The average Bonchev–Trinajstić information content (AvgIpc) is 2.53. The van der Waals surface area contributed by atoms with Gasteiger partial charge in [0, 0.05) is 18.2 Å². The molecule has 0 unspecified atom stereocenters. The number of anilines is 1. The van der Waals surface area contributed by atoms with E-state index in [1.54, 1.807) is 31.4 Å². The molecule has 0 radical (unpaired) electrons. The molecule has 0 spiro atoms. The van der Waals surface area contributed by atoms with Crippen molar-refractivity contribution in [3.8, 4) is 5.75 Å². The van der Waals surface area contributed by atoms with E-state index < -0.39 is 5.97 Å². The van der Waals surface area contributed by atoms with E-state index in [-0.39, 0.29) is 12.5 Å². The van der Waals surface area contributed by atoms with Crippen molar-refractivity contribution in [3.63, 3.8) is 0 Å². The second-order valence-corrected chi connectivity index (χ2v) is 5.15. The van der Waals surface area contributed by atoms with Gasteiger partial charge in [0.15, 0.2) is 0 Å². The van der Waals surface area contributed by atoms with Crippen LogP contribution in [0.5, 0.6) is 5.75 Å². The fourth-order valence-electron chi connectivity index (χ4n) is 2.14. The average molecular weight is 313 g/mol. The number of ether oxygens (including phenoxy) is 2. The quantitative estimate of drug-likeness (QED) is 0.860. The summed E-state index contributed by atoms with van der Waals surface area (Å²) in [6.07, 6.45) is 0. The number of amides is 1. The van der Waals surface area contributed by atoms with Crippen LogP contribution >= 0.6 is 0 Å². The SMILES string of the molecule is COc1ccc(C)cc1COC(=O)c1ccc(NC(C)=O)cc1. The fourth-order valence-corrected chi connectivity index (χ4v) is 2.14. The van der Waals surface area contributed by atoms with Crippen LogP contribution in [0.25, 0.3) is 0 Å². The summed E-state index contributed by atoms with van der Waals surface area (Å²) >= 11 is 0. The predicted octanol–water partition coefficient (Wildman–Crippen LogP) is 3.32. The van der Waals surface area contributed by atoms with Gasteiger partial charge in [-0.25, -0.2) is 4.79 Å². The van der Waals surface area contributed by atoms with Gasteiger partial charge in [0.2, 0.25) is 5.91 Å². The zero-order chi connectivity index (χ0) is 16.8. The third kappa shape index (κ3) is 4.57. The second kappa shape index (κ2) is 7.45. The number of hydrogen-bond acceptors (Lipinski definition) is 4. The van der Waals surface area contributed by atoms with E-state index in [1.165, 1.54) is 6.92 Å². The Bertz CT molecular complexity index is 707. The van der Waals surface area contributed by atoms with Gasteiger partial charge in [-0.05, 0) is 43.3 Å². The Balaban J connectivity index is 2.02. The van der Waals surface area contributed by atoms with Gasteiger partial charge in [0.25, 0.3) is 0 Å². The summed E-state index contributed by atoms with van der Waals surface area (Å²) in [5.74, 6) is 0.0965. The van der Waals surface area contributed by atoms with Crippen molar-refractivity contribution in [1.29, 1.82) is 0 Å². The van der Waals surface area contributed by atoms with E-state index >= 15 is 0 Å².